The number of benzene rings is 1. The molecule has 2 unspecified atom stereocenters. The van der Waals surface area contributed by atoms with Crippen LogP contribution in [0.15, 0.2) is 42.7 Å². The van der Waals surface area contributed by atoms with Gasteiger partial charge in [-0.3, -0.25) is 4.98 Å². The van der Waals surface area contributed by atoms with Crippen molar-refractivity contribution in [2.75, 3.05) is 6.54 Å². The minimum absolute atomic E-state index is 0.00356. The monoisotopic (exact) mass is 278 g/mol. The maximum absolute atomic E-state index is 13.5. The molecule has 1 aromatic heterocycles. The number of nitrogens with zero attached hydrogens (tertiary/aromatic N) is 1. The van der Waals surface area contributed by atoms with Gasteiger partial charge in [-0.1, -0.05) is 6.07 Å². The van der Waals surface area contributed by atoms with Gasteiger partial charge in [0.25, 0.3) is 0 Å². The molecule has 0 aliphatic heterocycles. The molecule has 0 saturated carbocycles. The number of nitrogens with one attached hydrogen (secondary N) is 1. The van der Waals surface area contributed by atoms with Crippen molar-refractivity contribution in [1.82, 2.24) is 10.3 Å². The van der Waals surface area contributed by atoms with Crippen LogP contribution >= 0.6 is 0 Å². The van der Waals surface area contributed by atoms with Gasteiger partial charge in [-0.25, -0.2) is 8.78 Å². The normalized spacial score (nSPS) is 14.0. The quantitative estimate of drug-likeness (QED) is 0.884. The highest BCUT2D eigenvalue weighted by atomic mass is 19.1. The third-order valence-corrected chi connectivity index (χ3v) is 3.14. The SMILES string of the molecule is CC(NCC(O)c1ccc(F)cc1F)c1ccncc1. The van der Waals surface area contributed by atoms with Gasteiger partial charge in [-0.2, -0.15) is 0 Å². The molecule has 2 N–H and O–H groups in total. The van der Waals surface area contributed by atoms with E-state index in [1.807, 2.05) is 19.1 Å². The topological polar surface area (TPSA) is 45.1 Å². The first-order chi connectivity index (χ1) is 9.58. The molecule has 0 radical (unpaired) electrons. The van der Waals surface area contributed by atoms with Crippen molar-refractivity contribution in [2.45, 2.75) is 19.1 Å². The van der Waals surface area contributed by atoms with Crippen molar-refractivity contribution in [3.8, 4) is 0 Å². The molecule has 5 heteroatoms. The zero-order valence-corrected chi connectivity index (χ0v) is 11.1. The van der Waals surface area contributed by atoms with Gasteiger partial charge in [0.2, 0.25) is 0 Å². The average Bonchev–Trinajstić information content (AvgIpc) is 2.45. The highest BCUT2D eigenvalue weighted by molar-refractivity contribution is 5.21. The van der Waals surface area contributed by atoms with Crippen LogP contribution in [0.2, 0.25) is 0 Å². The third kappa shape index (κ3) is 3.59. The molecular weight excluding hydrogens is 262 g/mol. The molecule has 1 heterocycles. The van der Waals surface area contributed by atoms with Crippen molar-refractivity contribution in [2.24, 2.45) is 0 Å². The summed E-state index contributed by atoms with van der Waals surface area (Å²) in [5, 5.41) is 13.1. The van der Waals surface area contributed by atoms with Crippen LogP contribution < -0.4 is 5.32 Å². The fourth-order valence-electron chi connectivity index (χ4n) is 1.94. The molecule has 0 amide bonds. The fourth-order valence-corrected chi connectivity index (χ4v) is 1.94. The van der Waals surface area contributed by atoms with Crippen molar-refractivity contribution >= 4 is 0 Å². The summed E-state index contributed by atoms with van der Waals surface area (Å²) in [6.45, 7) is 2.11. The van der Waals surface area contributed by atoms with Crippen molar-refractivity contribution in [1.29, 1.82) is 0 Å². The zero-order valence-electron chi connectivity index (χ0n) is 11.1. The van der Waals surface area contributed by atoms with E-state index >= 15 is 0 Å². The molecule has 2 atom stereocenters. The van der Waals surface area contributed by atoms with E-state index in [2.05, 4.69) is 10.3 Å². The summed E-state index contributed by atoms with van der Waals surface area (Å²) in [5.74, 6) is -1.40. The van der Waals surface area contributed by atoms with E-state index in [-0.39, 0.29) is 18.2 Å². The van der Waals surface area contributed by atoms with Crippen LogP contribution in [0.1, 0.15) is 30.2 Å². The Morgan fingerprint density at radius 1 is 1.20 bits per heavy atom. The second-order valence-corrected chi connectivity index (χ2v) is 4.59. The molecular formula is C15H16F2N2O. The number of halogens is 2. The summed E-state index contributed by atoms with van der Waals surface area (Å²) < 4.78 is 26.3. The number of rotatable bonds is 5. The minimum Gasteiger partial charge on any atom is -0.387 e. The maximum Gasteiger partial charge on any atom is 0.131 e. The number of hydrogen-bond acceptors (Lipinski definition) is 3. The molecule has 0 aliphatic rings. The summed E-state index contributed by atoms with van der Waals surface area (Å²) >= 11 is 0. The zero-order chi connectivity index (χ0) is 14.5. The lowest BCUT2D eigenvalue weighted by molar-refractivity contribution is 0.166. The van der Waals surface area contributed by atoms with E-state index < -0.39 is 17.7 Å². The molecule has 2 aromatic rings. The van der Waals surface area contributed by atoms with Crippen molar-refractivity contribution in [3.63, 3.8) is 0 Å². The first-order valence-electron chi connectivity index (χ1n) is 6.34. The Morgan fingerprint density at radius 3 is 2.55 bits per heavy atom. The summed E-state index contributed by atoms with van der Waals surface area (Å²) in [5.41, 5.74) is 1.10. The molecule has 1 aromatic carbocycles. The molecule has 0 fully saturated rings. The molecule has 0 aliphatic carbocycles. The van der Waals surface area contributed by atoms with E-state index in [1.54, 1.807) is 12.4 Å². The Bertz CT molecular complexity index is 563. The summed E-state index contributed by atoms with van der Waals surface area (Å²) in [7, 11) is 0. The lowest BCUT2D eigenvalue weighted by Crippen LogP contribution is -2.25. The molecule has 2 rings (SSSR count). The van der Waals surface area contributed by atoms with Gasteiger partial charge in [-0.05, 0) is 30.7 Å². The second kappa shape index (κ2) is 6.54. The Hall–Kier alpha value is -1.85. The first-order valence-corrected chi connectivity index (χ1v) is 6.34. The number of hydrogen-bond donors (Lipinski definition) is 2. The van der Waals surface area contributed by atoms with Crippen molar-refractivity contribution < 1.29 is 13.9 Å². The Morgan fingerprint density at radius 2 is 1.90 bits per heavy atom. The smallest absolute Gasteiger partial charge is 0.131 e. The van der Waals surface area contributed by atoms with Crippen LogP contribution in [0.3, 0.4) is 0 Å². The maximum atomic E-state index is 13.5. The first kappa shape index (κ1) is 14.6. The van der Waals surface area contributed by atoms with Gasteiger partial charge >= 0.3 is 0 Å². The van der Waals surface area contributed by atoms with Crippen LogP contribution in [0, 0.1) is 11.6 Å². The number of aromatic nitrogens is 1. The molecule has 106 valence electrons. The van der Waals surface area contributed by atoms with Crippen LogP contribution in [0.5, 0.6) is 0 Å². The van der Waals surface area contributed by atoms with E-state index in [0.29, 0.717) is 0 Å². The van der Waals surface area contributed by atoms with Gasteiger partial charge in [0.1, 0.15) is 11.6 Å². The highest BCUT2D eigenvalue weighted by Gasteiger charge is 2.14. The lowest BCUT2D eigenvalue weighted by Gasteiger charge is -2.18. The van der Waals surface area contributed by atoms with Gasteiger partial charge in [-0.15, -0.1) is 0 Å². The molecule has 0 spiro atoms. The number of aliphatic hydroxyl groups is 1. The minimum atomic E-state index is -1.03. The average molecular weight is 278 g/mol. The largest absolute Gasteiger partial charge is 0.387 e. The number of pyridine rings is 1. The van der Waals surface area contributed by atoms with Gasteiger partial charge < -0.3 is 10.4 Å². The van der Waals surface area contributed by atoms with Crippen molar-refractivity contribution in [3.05, 3.63) is 65.5 Å². The van der Waals surface area contributed by atoms with Gasteiger partial charge in [0, 0.05) is 36.6 Å². The molecule has 3 nitrogen and oxygen atoms in total. The molecule has 20 heavy (non-hydrogen) atoms. The Balaban J connectivity index is 1.96. The fraction of sp³-hybridized carbons (Fsp3) is 0.267. The van der Waals surface area contributed by atoms with Crippen LogP contribution in [-0.2, 0) is 0 Å². The molecule has 0 saturated heterocycles. The Labute approximate surface area is 116 Å². The lowest BCUT2D eigenvalue weighted by atomic mass is 10.1. The van der Waals surface area contributed by atoms with E-state index in [4.69, 9.17) is 0 Å². The van der Waals surface area contributed by atoms with Crippen LogP contribution in [0.25, 0.3) is 0 Å². The summed E-state index contributed by atoms with van der Waals surface area (Å²) in [6.07, 6.45) is 2.34. The van der Waals surface area contributed by atoms with E-state index in [0.717, 1.165) is 17.7 Å². The summed E-state index contributed by atoms with van der Waals surface area (Å²) in [6, 6.07) is 6.88. The van der Waals surface area contributed by atoms with E-state index in [1.165, 1.54) is 6.07 Å². The Kier molecular flexibility index (Phi) is 4.76. The summed E-state index contributed by atoms with van der Waals surface area (Å²) in [4.78, 5) is 3.93. The third-order valence-electron chi connectivity index (χ3n) is 3.14. The van der Waals surface area contributed by atoms with Crippen LogP contribution in [-0.4, -0.2) is 16.6 Å². The van der Waals surface area contributed by atoms with Gasteiger partial charge in [0.05, 0.1) is 6.10 Å². The standard InChI is InChI=1S/C15H16F2N2O/c1-10(11-4-6-18-7-5-11)19-9-15(20)13-3-2-12(16)8-14(13)17/h2-8,10,15,19-20H,9H2,1H3. The predicted octanol–water partition coefficient (Wildman–Crippen LogP) is 2.74. The van der Waals surface area contributed by atoms with Gasteiger partial charge in [0.15, 0.2) is 0 Å². The van der Waals surface area contributed by atoms with Crippen LogP contribution in [0.4, 0.5) is 8.78 Å². The predicted molar refractivity (Wildman–Crippen MR) is 72.0 cm³/mol. The molecule has 0 bridgehead atoms. The van der Waals surface area contributed by atoms with E-state index in [9.17, 15) is 13.9 Å². The highest BCUT2D eigenvalue weighted by Crippen LogP contribution is 2.19. The number of aliphatic hydroxyl groups excluding tert-OH is 1. The second-order valence-electron chi connectivity index (χ2n) is 4.59.